The van der Waals surface area contributed by atoms with Gasteiger partial charge < -0.3 is 19.2 Å². The number of benzene rings is 1. The number of aryl methyl sites for hydroxylation is 1. The minimum atomic E-state index is -0.0377. The molecule has 1 amide bonds. The summed E-state index contributed by atoms with van der Waals surface area (Å²) in [4.78, 5) is 16.5. The summed E-state index contributed by atoms with van der Waals surface area (Å²) in [6.45, 7) is 6.99. The fourth-order valence-corrected chi connectivity index (χ4v) is 2.46. The normalized spacial score (nSPS) is 12.7. The summed E-state index contributed by atoms with van der Waals surface area (Å²) < 4.78 is 16.4. The fourth-order valence-electron chi connectivity index (χ4n) is 2.46. The minimum Gasteiger partial charge on any atom is -0.454 e. The first-order chi connectivity index (χ1) is 11.5. The number of nitrogens with one attached hydrogen (secondary N) is 1. The van der Waals surface area contributed by atoms with Crippen LogP contribution in [-0.2, 0) is 11.2 Å². The Kier molecular flexibility index (Phi) is 4.74. The summed E-state index contributed by atoms with van der Waals surface area (Å²) in [7, 11) is 0. The second-order valence-corrected chi connectivity index (χ2v) is 6.30. The highest BCUT2D eigenvalue weighted by Crippen LogP contribution is 2.36. The van der Waals surface area contributed by atoms with Crippen LogP contribution in [0.1, 0.15) is 31.7 Å². The summed E-state index contributed by atoms with van der Waals surface area (Å²) in [6, 6.07) is 5.53. The average molecular weight is 330 g/mol. The number of aromatic nitrogens is 1. The molecule has 2 aromatic rings. The van der Waals surface area contributed by atoms with Crippen LogP contribution in [0.2, 0.25) is 0 Å². The van der Waals surface area contributed by atoms with Gasteiger partial charge in [0.25, 0.3) is 0 Å². The molecule has 0 saturated heterocycles. The fraction of sp³-hybridized carbons (Fsp3) is 0.444. The minimum absolute atomic E-state index is 0.0377. The molecule has 128 valence electrons. The van der Waals surface area contributed by atoms with E-state index >= 15 is 0 Å². The molecule has 3 rings (SSSR count). The Labute approximate surface area is 141 Å². The molecule has 0 saturated carbocycles. The van der Waals surface area contributed by atoms with Gasteiger partial charge in [0.15, 0.2) is 11.5 Å². The van der Waals surface area contributed by atoms with E-state index in [2.05, 4.69) is 24.1 Å². The maximum absolute atomic E-state index is 12.0. The van der Waals surface area contributed by atoms with E-state index in [-0.39, 0.29) is 19.1 Å². The first-order valence-corrected chi connectivity index (χ1v) is 8.16. The van der Waals surface area contributed by atoms with Crippen LogP contribution >= 0.6 is 0 Å². The summed E-state index contributed by atoms with van der Waals surface area (Å²) in [5.74, 6) is 3.06. The molecule has 0 unspecified atom stereocenters. The van der Waals surface area contributed by atoms with Gasteiger partial charge in [-0.1, -0.05) is 13.8 Å². The van der Waals surface area contributed by atoms with E-state index in [9.17, 15) is 4.79 Å². The lowest BCUT2D eigenvalue weighted by molar-refractivity contribution is -0.120. The van der Waals surface area contributed by atoms with Gasteiger partial charge in [0.1, 0.15) is 5.76 Å². The van der Waals surface area contributed by atoms with Crippen LogP contribution in [0.5, 0.6) is 11.5 Å². The molecule has 0 atom stereocenters. The number of hydrogen-bond donors (Lipinski definition) is 1. The molecule has 6 heteroatoms. The molecule has 24 heavy (non-hydrogen) atoms. The highest BCUT2D eigenvalue weighted by atomic mass is 16.7. The van der Waals surface area contributed by atoms with Crippen LogP contribution in [-0.4, -0.2) is 24.2 Å². The molecule has 1 aliphatic heterocycles. The van der Waals surface area contributed by atoms with Gasteiger partial charge >= 0.3 is 0 Å². The zero-order chi connectivity index (χ0) is 17.1. The maximum Gasteiger partial charge on any atom is 0.231 e. The van der Waals surface area contributed by atoms with Crippen molar-refractivity contribution in [3.8, 4) is 23.0 Å². The standard InChI is InChI=1S/C18H22N2O4/c1-11(2)6-7-19-17(21)9-14-12(3)24-18(20-14)13-4-5-15-16(8-13)23-10-22-15/h4-5,8,11H,6-7,9-10H2,1-3H3,(H,19,21). The highest BCUT2D eigenvalue weighted by molar-refractivity contribution is 5.78. The van der Waals surface area contributed by atoms with Crippen molar-refractivity contribution < 1.29 is 18.7 Å². The van der Waals surface area contributed by atoms with Gasteiger partial charge in [0.2, 0.25) is 18.6 Å². The summed E-state index contributed by atoms with van der Waals surface area (Å²) in [5.41, 5.74) is 1.46. The van der Waals surface area contributed by atoms with Crippen LogP contribution in [0, 0.1) is 12.8 Å². The monoisotopic (exact) mass is 330 g/mol. The largest absolute Gasteiger partial charge is 0.454 e. The first kappa shape index (κ1) is 16.4. The third kappa shape index (κ3) is 3.69. The van der Waals surface area contributed by atoms with Gasteiger partial charge in [0.05, 0.1) is 12.1 Å². The Bertz CT molecular complexity index is 737. The Morgan fingerprint density at radius 1 is 1.29 bits per heavy atom. The van der Waals surface area contributed by atoms with E-state index in [1.165, 1.54) is 0 Å². The Hall–Kier alpha value is -2.50. The molecule has 0 aliphatic carbocycles. The van der Waals surface area contributed by atoms with Gasteiger partial charge in [-0.25, -0.2) is 4.98 Å². The predicted molar refractivity (Wildman–Crippen MR) is 89.0 cm³/mol. The van der Waals surface area contributed by atoms with Crippen molar-refractivity contribution in [2.24, 2.45) is 5.92 Å². The number of hydrogen-bond acceptors (Lipinski definition) is 5. The second kappa shape index (κ2) is 6.95. The Morgan fingerprint density at radius 3 is 2.88 bits per heavy atom. The Balaban J connectivity index is 1.68. The number of carbonyl (C=O) groups excluding carboxylic acids is 1. The van der Waals surface area contributed by atoms with Crippen molar-refractivity contribution in [2.45, 2.75) is 33.6 Å². The molecular formula is C18H22N2O4. The van der Waals surface area contributed by atoms with E-state index in [1.807, 2.05) is 25.1 Å². The zero-order valence-electron chi connectivity index (χ0n) is 14.2. The van der Waals surface area contributed by atoms with E-state index < -0.39 is 0 Å². The molecule has 1 aromatic carbocycles. The molecule has 6 nitrogen and oxygen atoms in total. The number of fused-ring (bicyclic) bond motifs is 1. The highest BCUT2D eigenvalue weighted by Gasteiger charge is 2.18. The molecule has 0 bridgehead atoms. The van der Waals surface area contributed by atoms with E-state index in [0.717, 1.165) is 12.0 Å². The molecule has 0 fully saturated rings. The Morgan fingerprint density at radius 2 is 2.08 bits per heavy atom. The number of nitrogens with zero attached hydrogens (tertiary/aromatic N) is 1. The lowest BCUT2D eigenvalue weighted by Gasteiger charge is -2.06. The zero-order valence-corrected chi connectivity index (χ0v) is 14.2. The predicted octanol–water partition coefficient (Wildman–Crippen LogP) is 3.08. The van der Waals surface area contributed by atoms with Crippen LogP contribution in [0.15, 0.2) is 22.6 Å². The van der Waals surface area contributed by atoms with Crippen molar-refractivity contribution in [2.75, 3.05) is 13.3 Å². The van der Waals surface area contributed by atoms with Crippen molar-refractivity contribution in [1.29, 1.82) is 0 Å². The number of amides is 1. The molecule has 0 radical (unpaired) electrons. The first-order valence-electron chi connectivity index (χ1n) is 8.16. The molecular weight excluding hydrogens is 308 g/mol. The van der Waals surface area contributed by atoms with E-state index in [1.54, 1.807) is 0 Å². The van der Waals surface area contributed by atoms with Crippen LogP contribution < -0.4 is 14.8 Å². The van der Waals surface area contributed by atoms with Gasteiger partial charge in [-0.2, -0.15) is 0 Å². The third-order valence-corrected chi connectivity index (χ3v) is 3.88. The smallest absolute Gasteiger partial charge is 0.231 e. The second-order valence-electron chi connectivity index (χ2n) is 6.30. The molecule has 1 N–H and O–H groups in total. The molecule has 1 aromatic heterocycles. The number of ether oxygens (including phenoxy) is 2. The van der Waals surface area contributed by atoms with Crippen LogP contribution in [0.25, 0.3) is 11.5 Å². The summed E-state index contributed by atoms with van der Waals surface area (Å²) in [5, 5.41) is 2.92. The van der Waals surface area contributed by atoms with Crippen LogP contribution in [0.3, 0.4) is 0 Å². The van der Waals surface area contributed by atoms with Crippen molar-refractivity contribution >= 4 is 5.91 Å². The van der Waals surface area contributed by atoms with E-state index in [0.29, 0.717) is 41.3 Å². The summed E-state index contributed by atoms with van der Waals surface area (Å²) in [6.07, 6.45) is 1.18. The topological polar surface area (TPSA) is 73.6 Å². The lowest BCUT2D eigenvalue weighted by Crippen LogP contribution is -2.27. The van der Waals surface area contributed by atoms with Crippen molar-refractivity contribution in [3.05, 3.63) is 29.7 Å². The molecule has 2 heterocycles. The molecule has 0 spiro atoms. The number of carbonyl (C=O) groups is 1. The van der Waals surface area contributed by atoms with Gasteiger partial charge in [-0.15, -0.1) is 0 Å². The average Bonchev–Trinajstić information content (AvgIpc) is 3.13. The van der Waals surface area contributed by atoms with Gasteiger partial charge in [0, 0.05) is 12.1 Å². The van der Waals surface area contributed by atoms with Gasteiger partial charge in [-0.3, -0.25) is 4.79 Å². The van der Waals surface area contributed by atoms with Crippen molar-refractivity contribution in [1.82, 2.24) is 10.3 Å². The molecule has 1 aliphatic rings. The van der Waals surface area contributed by atoms with Crippen LogP contribution in [0.4, 0.5) is 0 Å². The lowest BCUT2D eigenvalue weighted by atomic mass is 10.1. The van der Waals surface area contributed by atoms with Crippen molar-refractivity contribution in [3.63, 3.8) is 0 Å². The van der Waals surface area contributed by atoms with Gasteiger partial charge in [-0.05, 0) is 37.5 Å². The quantitative estimate of drug-likeness (QED) is 0.881. The number of oxazole rings is 1. The summed E-state index contributed by atoms with van der Waals surface area (Å²) >= 11 is 0. The SMILES string of the molecule is Cc1oc(-c2ccc3c(c2)OCO3)nc1CC(=O)NCCC(C)C. The number of rotatable bonds is 6. The van der Waals surface area contributed by atoms with E-state index in [4.69, 9.17) is 13.9 Å². The maximum atomic E-state index is 12.0. The third-order valence-electron chi connectivity index (χ3n) is 3.88.